The van der Waals surface area contributed by atoms with E-state index < -0.39 is 0 Å². The van der Waals surface area contributed by atoms with Gasteiger partial charge in [-0.1, -0.05) is 38.1 Å². The average molecular weight is 474 g/mol. The molecule has 0 atom stereocenters. The number of rotatable bonds is 6. The van der Waals surface area contributed by atoms with E-state index in [4.69, 9.17) is 0 Å². The van der Waals surface area contributed by atoms with Gasteiger partial charge in [0.1, 0.15) is 0 Å². The number of para-hydroxylation sites is 1. The van der Waals surface area contributed by atoms with Crippen molar-refractivity contribution in [2.24, 2.45) is 4.99 Å². The highest BCUT2D eigenvalue weighted by atomic mass is 127. The van der Waals surface area contributed by atoms with Crippen LogP contribution < -0.4 is 10.6 Å². The lowest BCUT2D eigenvalue weighted by Crippen LogP contribution is -2.43. The molecule has 0 spiro atoms. The molecule has 25 heavy (non-hydrogen) atoms. The summed E-state index contributed by atoms with van der Waals surface area (Å²) >= 11 is 1.73. The molecular weight excluding hydrogens is 451 g/mol. The lowest BCUT2D eigenvalue weighted by Gasteiger charge is -2.25. The maximum atomic E-state index is 11.1. The zero-order valence-electron chi connectivity index (χ0n) is 14.5. The van der Waals surface area contributed by atoms with Crippen LogP contribution in [0.25, 0.3) is 0 Å². The normalized spacial score (nSPS) is 11.6. The van der Waals surface area contributed by atoms with Crippen molar-refractivity contribution in [3.8, 4) is 0 Å². The number of nitro groups is 1. The number of benzene rings is 1. The van der Waals surface area contributed by atoms with Crippen LogP contribution in [-0.2, 0) is 12.0 Å². The highest BCUT2D eigenvalue weighted by molar-refractivity contribution is 14.0. The average Bonchev–Trinajstić information content (AvgIpc) is 3.10. The van der Waals surface area contributed by atoms with E-state index in [0.29, 0.717) is 24.6 Å². The summed E-state index contributed by atoms with van der Waals surface area (Å²) in [5, 5.41) is 19.6. The fraction of sp³-hybridized carbons (Fsp3) is 0.353. The van der Waals surface area contributed by atoms with Gasteiger partial charge in [0.2, 0.25) is 0 Å². The Bertz CT molecular complexity index is 717. The monoisotopic (exact) mass is 474 g/mol. The Morgan fingerprint density at radius 1 is 1.24 bits per heavy atom. The largest absolute Gasteiger partial charge is 0.356 e. The van der Waals surface area contributed by atoms with E-state index in [-0.39, 0.29) is 40.0 Å². The minimum atomic E-state index is -0.368. The molecule has 0 saturated heterocycles. The smallest absolute Gasteiger partial charge is 0.274 e. The first-order valence-electron chi connectivity index (χ1n) is 7.65. The minimum Gasteiger partial charge on any atom is -0.356 e. The topological polar surface area (TPSA) is 79.6 Å². The van der Waals surface area contributed by atoms with Crippen LogP contribution in [0.3, 0.4) is 0 Å². The Morgan fingerprint density at radius 3 is 2.56 bits per heavy atom. The highest BCUT2D eigenvalue weighted by Gasteiger charge is 2.22. The third-order valence-corrected chi connectivity index (χ3v) is 4.98. The van der Waals surface area contributed by atoms with Crippen molar-refractivity contribution in [1.29, 1.82) is 0 Å². The van der Waals surface area contributed by atoms with Crippen LogP contribution in [0.15, 0.2) is 46.8 Å². The second kappa shape index (κ2) is 9.71. The molecule has 0 aliphatic heterocycles. The van der Waals surface area contributed by atoms with Crippen LogP contribution in [0, 0.1) is 10.1 Å². The lowest BCUT2D eigenvalue weighted by molar-refractivity contribution is -0.385. The summed E-state index contributed by atoms with van der Waals surface area (Å²) in [6.07, 6.45) is 0. The van der Waals surface area contributed by atoms with Crippen LogP contribution in [-0.4, -0.2) is 24.5 Å². The Balaban J connectivity index is 0.00000312. The van der Waals surface area contributed by atoms with E-state index >= 15 is 0 Å². The third kappa shape index (κ3) is 5.96. The number of nitro benzene ring substituents is 1. The van der Waals surface area contributed by atoms with Crippen molar-refractivity contribution in [3.63, 3.8) is 0 Å². The number of halogens is 1. The molecule has 0 bridgehead atoms. The quantitative estimate of drug-likeness (QED) is 0.219. The van der Waals surface area contributed by atoms with E-state index in [9.17, 15) is 10.1 Å². The molecule has 0 fully saturated rings. The number of nitrogens with one attached hydrogen (secondary N) is 2. The molecule has 2 rings (SSSR count). The Hall–Kier alpha value is -1.68. The molecule has 1 aromatic heterocycles. The zero-order chi connectivity index (χ0) is 17.6. The van der Waals surface area contributed by atoms with Crippen molar-refractivity contribution in [1.82, 2.24) is 10.6 Å². The van der Waals surface area contributed by atoms with Gasteiger partial charge in [-0.05, 0) is 11.4 Å². The molecule has 0 aliphatic rings. The van der Waals surface area contributed by atoms with Crippen LogP contribution in [0.1, 0.15) is 24.3 Å². The Kier molecular flexibility index (Phi) is 8.30. The number of nitrogens with zero attached hydrogens (tertiary/aromatic N) is 2. The summed E-state index contributed by atoms with van der Waals surface area (Å²) in [7, 11) is 1.69. The number of aliphatic imine (C=N–C) groups is 1. The number of guanidine groups is 1. The zero-order valence-corrected chi connectivity index (χ0v) is 17.6. The predicted molar refractivity (Wildman–Crippen MR) is 114 cm³/mol. The number of hydrogen-bond acceptors (Lipinski definition) is 4. The van der Waals surface area contributed by atoms with Crippen LogP contribution in [0.5, 0.6) is 0 Å². The van der Waals surface area contributed by atoms with Crippen LogP contribution in [0.4, 0.5) is 5.69 Å². The molecule has 2 aromatic rings. The van der Waals surface area contributed by atoms with Gasteiger partial charge in [-0.25, -0.2) is 0 Å². The summed E-state index contributed by atoms with van der Waals surface area (Å²) < 4.78 is 0. The first kappa shape index (κ1) is 21.4. The van der Waals surface area contributed by atoms with Crippen molar-refractivity contribution in [2.75, 3.05) is 13.6 Å². The summed E-state index contributed by atoms with van der Waals surface area (Å²) in [6.45, 7) is 5.39. The molecule has 136 valence electrons. The SMILES string of the molecule is CN=C(NCc1ccccc1[N+](=O)[O-])NCC(C)(C)c1cccs1.I. The molecule has 0 saturated carbocycles. The first-order chi connectivity index (χ1) is 11.4. The summed E-state index contributed by atoms with van der Waals surface area (Å²) in [5.41, 5.74) is 0.715. The lowest BCUT2D eigenvalue weighted by atomic mass is 9.91. The highest BCUT2D eigenvalue weighted by Crippen LogP contribution is 2.26. The van der Waals surface area contributed by atoms with Gasteiger partial charge in [-0.15, -0.1) is 35.3 Å². The van der Waals surface area contributed by atoms with Gasteiger partial charge in [0.25, 0.3) is 5.69 Å². The fourth-order valence-corrected chi connectivity index (χ4v) is 3.15. The van der Waals surface area contributed by atoms with Crippen LogP contribution >= 0.6 is 35.3 Å². The maximum absolute atomic E-state index is 11.1. The predicted octanol–water partition coefficient (Wildman–Crippen LogP) is 3.92. The Labute approximate surface area is 168 Å². The van der Waals surface area contributed by atoms with Gasteiger partial charge in [-0.3, -0.25) is 15.1 Å². The molecular formula is C17H23IN4O2S. The van der Waals surface area contributed by atoms with Crippen molar-refractivity contribution < 1.29 is 4.92 Å². The number of thiophene rings is 1. The molecule has 0 amide bonds. The third-order valence-electron chi connectivity index (χ3n) is 3.74. The molecule has 2 N–H and O–H groups in total. The summed E-state index contributed by atoms with van der Waals surface area (Å²) in [5.74, 6) is 0.623. The van der Waals surface area contributed by atoms with Gasteiger partial charge >= 0.3 is 0 Å². The maximum Gasteiger partial charge on any atom is 0.274 e. The summed E-state index contributed by atoms with van der Waals surface area (Å²) in [6, 6.07) is 10.9. The number of hydrogen-bond donors (Lipinski definition) is 2. The standard InChI is InChI=1S/C17H22N4O2S.HI/c1-17(2,15-9-6-10-24-15)12-20-16(18-3)19-11-13-7-4-5-8-14(13)21(22)23;/h4-10H,11-12H2,1-3H3,(H2,18,19,20);1H. The second-order valence-electron chi connectivity index (χ2n) is 6.03. The van der Waals surface area contributed by atoms with Crippen molar-refractivity contribution in [2.45, 2.75) is 25.8 Å². The Morgan fingerprint density at radius 2 is 1.96 bits per heavy atom. The molecule has 1 aromatic carbocycles. The van der Waals surface area contributed by atoms with E-state index in [2.05, 4.69) is 40.9 Å². The van der Waals surface area contributed by atoms with E-state index in [0.717, 1.165) is 0 Å². The first-order valence-corrected chi connectivity index (χ1v) is 8.53. The van der Waals surface area contributed by atoms with Gasteiger partial charge in [0.15, 0.2) is 5.96 Å². The van der Waals surface area contributed by atoms with Crippen LogP contribution in [0.2, 0.25) is 0 Å². The van der Waals surface area contributed by atoms with Gasteiger partial charge in [-0.2, -0.15) is 0 Å². The molecule has 0 unspecified atom stereocenters. The van der Waals surface area contributed by atoms with Gasteiger partial charge < -0.3 is 10.6 Å². The van der Waals surface area contributed by atoms with Crippen molar-refractivity contribution >= 4 is 47.0 Å². The minimum absolute atomic E-state index is 0. The molecule has 1 heterocycles. The van der Waals surface area contributed by atoms with E-state index in [1.54, 1.807) is 36.6 Å². The van der Waals surface area contributed by atoms with E-state index in [1.807, 2.05) is 6.07 Å². The van der Waals surface area contributed by atoms with E-state index in [1.165, 1.54) is 10.9 Å². The molecule has 8 heteroatoms. The summed E-state index contributed by atoms with van der Waals surface area (Å²) in [4.78, 5) is 16.2. The second-order valence-corrected chi connectivity index (χ2v) is 6.97. The van der Waals surface area contributed by atoms with Gasteiger partial charge in [0.05, 0.1) is 4.92 Å². The van der Waals surface area contributed by atoms with Gasteiger partial charge in [0, 0.05) is 42.1 Å². The fourth-order valence-electron chi connectivity index (χ4n) is 2.29. The molecule has 0 radical (unpaired) electrons. The van der Waals surface area contributed by atoms with Crippen molar-refractivity contribution in [3.05, 3.63) is 62.3 Å². The molecule has 0 aliphatic carbocycles. The molecule has 6 nitrogen and oxygen atoms in total.